The average molecular weight is 355 g/mol. The summed E-state index contributed by atoms with van der Waals surface area (Å²) in [6, 6.07) is 0. The van der Waals surface area contributed by atoms with Crippen LogP contribution in [0.4, 0.5) is 5.82 Å². The molecule has 10 heteroatoms. The molecule has 4 atom stereocenters. The summed E-state index contributed by atoms with van der Waals surface area (Å²) in [7, 11) is 0. The van der Waals surface area contributed by atoms with Crippen LogP contribution in [0.15, 0.2) is 17.0 Å². The minimum atomic E-state index is -1.23. The minimum Gasteiger partial charge on any atom is -0.458 e. The maximum atomic E-state index is 10.2. The molecule has 0 aromatic carbocycles. The molecule has 1 saturated heterocycles. The Balaban J connectivity index is 1.99. The molecule has 1 fully saturated rings. The van der Waals surface area contributed by atoms with E-state index in [1.54, 1.807) is 4.90 Å². The third-order valence-corrected chi connectivity index (χ3v) is 4.25. The first-order valence-corrected chi connectivity index (χ1v) is 7.93. The topological polar surface area (TPSA) is 153 Å². The van der Waals surface area contributed by atoms with Crippen LogP contribution in [0.2, 0.25) is 0 Å². The quantitative estimate of drug-likeness (QED) is 0.383. The maximum Gasteiger partial charge on any atom is 0.195 e. The van der Waals surface area contributed by atoms with Gasteiger partial charge in [0.25, 0.3) is 0 Å². The van der Waals surface area contributed by atoms with Crippen molar-refractivity contribution in [3.63, 3.8) is 0 Å². The van der Waals surface area contributed by atoms with Gasteiger partial charge in [-0.3, -0.25) is 0 Å². The molecule has 5 N–H and O–H groups in total. The third kappa shape index (κ3) is 3.19. The number of anilines is 1. The van der Waals surface area contributed by atoms with Crippen LogP contribution in [0.25, 0.3) is 11.1 Å². The lowest BCUT2D eigenvalue weighted by atomic mass is 10.0. The van der Waals surface area contributed by atoms with Crippen molar-refractivity contribution in [3.8, 4) is 0 Å². The van der Waals surface area contributed by atoms with Crippen molar-refractivity contribution >= 4 is 16.9 Å². The van der Waals surface area contributed by atoms with Crippen molar-refractivity contribution in [3.05, 3.63) is 18.2 Å². The predicted molar refractivity (Wildman–Crippen MR) is 84.9 cm³/mol. The van der Waals surface area contributed by atoms with Crippen molar-refractivity contribution in [2.75, 3.05) is 37.8 Å². The molecule has 0 aliphatic carbocycles. The smallest absolute Gasteiger partial charge is 0.195 e. The van der Waals surface area contributed by atoms with Crippen molar-refractivity contribution in [2.45, 2.75) is 24.4 Å². The number of hydrogen-bond acceptors (Lipinski definition) is 10. The molecule has 0 saturated carbocycles. The Morgan fingerprint density at radius 1 is 1.04 bits per heavy atom. The molecule has 10 nitrogen and oxygen atoms in total. The molecule has 3 heterocycles. The second kappa shape index (κ2) is 7.60. The minimum absolute atomic E-state index is 0.131. The second-order valence-electron chi connectivity index (χ2n) is 5.76. The van der Waals surface area contributed by atoms with Gasteiger partial charge in [-0.25, -0.2) is 9.97 Å². The summed E-state index contributed by atoms with van der Waals surface area (Å²) in [5.41, 5.74) is 1.13. The van der Waals surface area contributed by atoms with Crippen LogP contribution in [0.1, 0.15) is 11.7 Å². The first-order chi connectivity index (χ1) is 12.1. The summed E-state index contributed by atoms with van der Waals surface area (Å²) < 4.78 is 11.1. The van der Waals surface area contributed by atoms with E-state index < -0.39 is 31.0 Å². The maximum absolute atomic E-state index is 10.2. The van der Waals surface area contributed by atoms with Crippen LogP contribution < -0.4 is 4.90 Å². The van der Waals surface area contributed by atoms with E-state index in [2.05, 4.69) is 9.97 Å². The largest absolute Gasteiger partial charge is 0.458 e. The molecule has 0 bridgehead atoms. The summed E-state index contributed by atoms with van der Waals surface area (Å²) in [4.78, 5) is 9.97. The van der Waals surface area contributed by atoms with Crippen LogP contribution in [-0.4, -0.2) is 86.7 Å². The number of hydrogen-bond donors (Lipinski definition) is 5. The first kappa shape index (κ1) is 18.0. The van der Waals surface area contributed by atoms with Crippen molar-refractivity contribution < 1.29 is 34.7 Å². The predicted octanol–water partition coefficient (Wildman–Crippen LogP) is -1.83. The fourth-order valence-corrected chi connectivity index (χ4v) is 3.01. The standard InChI is InChI=1S/C15H21N3O7/c19-3-1-18(2-4-20)15-14-10(16-7-17-15)8(6-24-14)13-12(23)11(22)9(5-21)25-13/h6-7,9,11-13,19-23H,1-5H2/t9-,11-,12-,13+/m1/s1. The number of rotatable bonds is 7. The molecule has 0 spiro atoms. The van der Waals surface area contributed by atoms with Gasteiger partial charge in [0.1, 0.15) is 36.3 Å². The Morgan fingerprint density at radius 3 is 2.36 bits per heavy atom. The highest BCUT2D eigenvalue weighted by Crippen LogP contribution is 2.38. The number of fused-ring (bicyclic) bond motifs is 1. The van der Waals surface area contributed by atoms with Gasteiger partial charge in [0.05, 0.1) is 26.1 Å². The lowest BCUT2D eigenvalue weighted by Crippen LogP contribution is -2.32. The zero-order valence-corrected chi connectivity index (χ0v) is 13.4. The van der Waals surface area contributed by atoms with Gasteiger partial charge in [-0.15, -0.1) is 0 Å². The highest BCUT2D eigenvalue weighted by Gasteiger charge is 2.44. The van der Waals surface area contributed by atoms with Crippen LogP contribution in [0.3, 0.4) is 0 Å². The van der Waals surface area contributed by atoms with Gasteiger partial charge in [-0.2, -0.15) is 0 Å². The molecule has 138 valence electrons. The number of nitrogens with zero attached hydrogens (tertiary/aromatic N) is 3. The molecular weight excluding hydrogens is 334 g/mol. The van der Waals surface area contributed by atoms with Crippen LogP contribution in [-0.2, 0) is 4.74 Å². The zero-order valence-electron chi connectivity index (χ0n) is 13.4. The van der Waals surface area contributed by atoms with E-state index in [9.17, 15) is 25.5 Å². The van der Waals surface area contributed by atoms with E-state index >= 15 is 0 Å². The summed E-state index contributed by atoms with van der Waals surface area (Å²) in [5, 5.41) is 47.7. The Labute approximate surface area is 142 Å². The lowest BCUT2D eigenvalue weighted by Gasteiger charge is -2.21. The summed E-state index contributed by atoms with van der Waals surface area (Å²) in [5.74, 6) is 0.395. The van der Waals surface area contributed by atoms with Crippen molar-refractivity contribution in [1.29, 1.82) is 0 Å². The van der Waals surface area contributed by atoms with Crippen LogP contribution >= 0.6 is 0 Å². The zero-order chi connectivity index (χ0) is 18.0. The lowest BCUT2D eigenvalue weighted by molar-refractivity contribution is -0.0226. The number of aliphatic hydroxyl groups excluding tert-OH is 5. The number of ether oxygens (including phenoxy) is 1. The molecule has 25 heavy (non-hydrogen) atoms. The Bertz CT molecular complexity index is 703. The summed E-state index contributed by atoms with van der Waals surface area (Å²) >= 11 is 0. The van der Waals surface area contributed by atoms with Crippen molar-refractivity contribution in [1.82, 2.24) is 9.97 Å². The molecule has 1 aliphatic rings. The number of aliphatic hydroxyl groups is 5. The van der Waals surface area contributed by atoms with E-state index in [0.717, 1.165) is 0 Å². The van der Waals surface area contributed by atoms with E-state index in [4.69, 9.17) is 9.15 Å². The molecule has 0 amide bonds. The average Bonchev–Trinajstić information content (AvgIpc) is 3.16. The van der Waals surface area contributed by atoms with Gasteiger partial charge < -0.3 is 39.6 Å². The number of aromatic nitrogens is 2. The molecule has 2 aromatic rings. The van der Waals surface area contributed by atoms with E-state index in [1.165, 1.54) is 12.6 Å². The van der Waals surface area contributed by atoms with Gasteiger partial charge in [0.2, 0.25) is 0 Å². The third-order valence-electron chi connectivity index (χ3n) is 4.25. The van der Waals surface area contributed by atoms with Gasteiger partial charge in [-0.05, 0) is 0 Å². The number of furan rings is 1. The van der Waals surface area contributed by atoms with Gasteiger partial charge in [0, 0.05) is 18.7 Å². The van der Waals surface area contributed by atoms with E-state index in [-0.39, 0.29) is 26.3 Å². The van der Waals surface area contributed by atoms with E-state index in [1.807, 2.05) is 0 Å². The van der Waals surface area contributed by atoms with Crippen LogP contribution in [0.5, 0.6) is 0 Å². The van der Waals surface area contributed by atoms with Crippen molar-refractivity contribution in [2.24, 2.45) is 0 Å². The van der Waals surface area contributed by atoms with Gasteiger partial charge >= 0.3 is 0 Å². The van der Waals surface area contributed by atoms with Crippen LogP contribution in [0, 0.1) is 0 Å². The fourth-order valence-electron chi connectivity index (χ4n) is 3.01. The molecule has 0 unspecified atom stereocenters. The molecule has 2 aromatic heterocycles. The Morgan fingerprint density at radius 2 is 1.76 bits per heavy atom. The Kier molecular flexibility index (Phi) is 5.47. The highest BCUT2D eigenvalue weighted by atomic mass is 16.6. The molecule has 0 radical (unpaired) electrons. The fraction of sp³-hybridized carbons (Fsp3) is 0.600. The Hall–Kier alpha value is -1.82. The monoisotopic (exact) mass is 355 g/mol. The SMILES string of the molecule is OCCN(CCO)c1ncnc2c([C@@H]3O[C@H](CO)[C@@H](O)[C@H]3O)coc12. The highest BCUT2D eigenvalue weighted by molar-refractivity contribution is 5.86. The van der Waals surface area contributed by atoms with Gasteiger partial charge in [-0.1, -0.05) is 0 Å². The molecule has 3 rings (SSSR count). The molecular formula is C15H21N3O7. The molecule has 1 aliphatic heterocycles. The summed E-state index contributed by atoms with van der Waals surface area (Å²) in [6.45, 7) is -0.194. The van der Waals surface area contributed by atoms with E-state index in [0.29, 0.717) is 22.5 Å². The second-order valence-corrected chi connectivity index (χ2v) is 5.76. The normalized spacial score (nSPS) is 26.4. The van der Waals surface area contributed by atoms with Gasteiger partial charge in [0.15, 0.2) is 11.4 Å². The summed E-state index contributed by atoms with van der Waals surface area (Å²) in [6.07, 6.45) is -1.59. The first-order valence-electron chi connectivity index (χ1n) is 7.93.